The standard InChI is InChI=1S/C19H20FNO4/c20-16-4-2-1-3-15(16)17-9-7-14(25-17)8-10-18(22)21-13-6-5-12(11-13)19(23)24/h1-4,7,9,12-13H,5-6,8,10-11H2,(H,21,22)(H,23,24)/t12-,13+/m1/s1. The number of halogens is 1. The van der Waals surface area contributed by atoms with Gasteiger partial charge in [-0.2, -0.15) is 0 Å². The quantitative estimate of drug-likeness (QED) is 0.841. The zero-order chi connectivity index (χ0) is 17.8. The molecule has 132 valence electrons. The van der Waals surface area contributed by atoms with Gasteiger partial charge in [0.25, 0.3) is 0 Å². The second-order valence-corrected chi connectivity index (χ2v) is 6.36. The maximum Gasteiger partial charge on any atom is 0.306 e. The molecule has 1 aliphatic rings. The number of nitrogens with one attached hydrogen (secondary N) is 1. The second-order valence-electron chi connectivity index (χ2n) is 6.36. The summed E-state index contributed by atoms with van der Waals surface area (Å²) >= 11 is 0. The third kappa shape index (κ3) is 4.26. The van der Waals surface area contributed by atoms with Crippen LogP contribution in [0.4, 0.5) is 4.39 Å². The molecule has 6 heteroatoms. The summed E-state index contributed by atoms with van der Waals surface area (Å²) in [7, 11) is 0. The highest BCUT2D eigenvalue weighted by Crippen LogP contribution is 2.27. The molecule has 1 aromatic carbocycles. The van der Waals surface area contributed by atoms with E-state index in [1.807, 2.05) is 0 Å². The summed E-state index contributed by atoms with van der Waals surface area (Å²) in [6, 6.07) is 9.73. The van der Waals surface area contributed by atoms with Gasteiger partial charge in [0.15, 0.2) is 0 Å². The number of carbonyl (C=O) groups excluding carboxylic acids is 1. The molecule has 2 N–H and O–H groups in total. The smallest absolute Gasteiger partial charge is 0.306 e. The Morgan fingerprint density at radius 2 is 2.00 bits per heavy atom. The van der Waals surface area contributed by atoms with Crippen molar-refractivity contribution in [1.82, 2.24) is 5.32 Å². The molecule has 0 aliphatic heterocycles. The summed E-state index contributed by atoms with van der Waals surface area (Å²) in [6.45, 7) is 0. The first-order valence-electron chi connectivity index (χ1n) is 8.38. The van der Waals surface area contributed by atoms with E-state index in [0.29, 0.717) is 42.8 Å². The van der Waals surface area contributed by atoms with Gasteiger partial charge in [-0.25, -0.2) is 4.39 Å². The van der Waals surface area contributed by atoms with E-state index in [1.165, 1.54) is 6.07 Å². The van der Waals surface area contributed by atoms with E-state index in [9.17, 15) is 14.0 Å². The Balaban J connectivity index is 1.50. The number of aryl methyl sites for hydroxylation is 1. The van der Waals surface area contributed by atoms with E-state index in [0.717, 1.165) is 0 Å². The normalized spacial score (nSPS) is 19.7. The van der Waals surface area contributed by atoms with Crippen molar-refractivity contribution in [3.63, 3.8) is 0 Å². The van der Waals surface area contributed by atoms with E-state index in [-0.39, 0.29) is 30.1 Å². The van der Waals surface area contributed by atoms with Crippen LogP contribution in [0.2, 0.25) is 0 Å². The van der Waals surface area contributed by atoms with Crippen molar-refractivity contribution in [2.45, 2.75) is 38.1 Å². The molecule has 0 radical (unpaired) electrons. The molecule has 3 rings (SSSR count). The highest BCUT2D eigenvalue weighted by molar-refractivity contribution is 5.77. The summed E-state index contributed by atoms with van der Waals surface area (Å²) in [5.74, 6) is -0.584. The second kappa shape index (κ2) is 7.51. The van der Waals surface area contributed by atoms with Gasteiger partial charge < -0.3 is 14.8 Å². The first kappa shape index (κ1) is 17.2. The van der Waals surface area contributed by atoms with Crippen LogP contribution in [0, 0.1) is 11.7 Å². The zero-order valence-corrected chi connectivity index (χ0v) is 13.7. The molecule has 1 aliphatic carbocycles. The van der Waals surface area contributed by atoms with Crippen molar-refractivity contribution in [2.24, 2.45) is 5.92 Å². The van der Waals surface area contributed by atoms with Gasteiger partial charge in [-0.1, -0.05) is 12.1 Å². The predicted molar refractivity (Wildman–Crippen MR) is 89.3 cm³/mol. The Morgan fingerprint density at radius 3 is 2.72 bits per heavy atom. The zero-order valence-electron chi connectivity index (χ0n) is 13.7. The van der Waals surface area contributed by atoms with Gasteiger partial charge in [0.2, 0.25) is 5.91 Å². The molecule has 0 saturated heterocycles. The van der Waals surface area contributed by atoms with E-state index in [1.54, 1.807) is 30.3 Å². The monoisotopic (exact) mass is 345 g/mol. The number of hydrogen-bond donors (Lipinski definition) is 2. The summed E-state index contributed by atoms with van der Waals surface area (Å²) in [5.41, 5.74) is 0.392. The van der Waals surface area contributed by atoms with Gasteiger partial charge in [-0.05, 0) is 43.5 Å². The number of carboxylic acids is 1. The van der Waals surface area contributed by atoms with Gasteiger partial charge in [0.1, 0.15) is 17.3 Å². The minimum Gasteiger partial charge on any atom is -0.481 e. The lowest BCUT2D eigenvalue weighted by molar-refractivity contribution is -0.141. The number of hydrogen-bond acceptors (Lipinski definition) is 3. The summed E-state index contributed by atoms with van der Waals surface area (Å²) in [4.78, 5) is 23.0. The molecular formula is C19H20FNO4. The number of aliphatic carboxylic acids is 1. The number of benzene rings is 1. The number of rotatable bonds is 6. The van der Waals surface area contributed by atoms with Crippen molar-refractivity contribution in [3.05, 3.63) is 48.0 Å². The van der Waals surface area contributed by atoms with Crippen molar-refractivity contribution in [1.29, 1.82) is 0 Å². The fourth-order valence-corrected chi connectivity index (χ4v) is 3.19. The van der Waals surface area contributed by atoms with Crippen LogP contribution in [0.15, 0.2) is 40.8 Å². The Bertz CT molecular complexity index is 770. The predicted octanol–water partition coefficient (Wildman–Crippen LogP) is 3.39. The lowest BCUT2D eigenvalue weighted by atomic mass is 10.1. The van der Waals surface area contributed by atoms with Crippen molar-refractivity contribution in [3.8, 4) is 11.3 Å². The molecule has 1 heterocycles. The number of carbonyl (C=O) groups is 2. The summed E-state index contributed by atoms with van der Waals surface area (Å²) < 4.78 is 19.4. The highest BCUT2D eigenvalue weighted by atomic mass is 19.1. The van der Waals surface area contributed by atoms with Crippen LogP contribution >= 0.6 is 0 Å². The van der Waals surface area contributed by atoms with E-state index in [4.69, 9.17) is 9.52 Å². The van der Waals surface area contributed by atoms with E-state index >= 15 is 0 Å². The fourth-order valence-electron chi connectivity index (χ4n) is 3.19. The maximum absolute atomic E-state index is 13.7. The Hall–Kier alpha value is -2.63. The lowest BCUT2D eigenvalue weighted by Crippen LogP contribution is -2.33. The molecule has 0 unspecified atom stereocenters. The number of furan rings is 1. The number of carboxylic acid groups (broad SMARTS) is 1. The molecule has 1 fully saturated rings. The molecule has 1 saturated carbocycles. The van der Waals surface area contributed by atoms with Crippen LogP contribution in [0.25, 0.3) is 11.3 Å². The average molecular weight is 345 g/mol. The molecule has 0 bridgehead atoms. The summed E-state index contributed by atoms with van der Waals surface area (Å²) in [6.07, 6.45) is 2.44. The fraction of sp³-hybridized carbons (Fsp3) is 0.368. The van der Waals surface area contributed by atoms with Gasteiger partial charge in [0.05, 0.1) is 11.5 Å². The molecule has 1 aromatic heterocycles. The van der Waals surface area contributed by atoms with Crippen LogP contribution in [0.3, 0.4) is 0 Å². The number of amides is 1. The molecule has 2 aromatic rings. The van der Waals surface area contributed by atoms with Crippen LogP contribution in [-0.2, 0) is 16.0 Å². The SMILES string of the molecule is O=C(CCc1ccc(-c2ccccc2F)o1)N[C@H]1CC[C@@H](C(=O)O)C1. The Morgan fingerprint density at radius 1 is 1.20 bits per heavy atom. The van der Waals surface area contributed by atoms with Crippen LogP contribution in [0.5, 0.6) is 0 Å². The lowest BCUT2D eigenvalue weighted by Gasteiger charge is -2.11. The first-order valence-corrected chi connectivity index (χ1v) is 8.38. The van der Waals surface area contributed by atoms with Crippen LogP contribution < -0.4 is 5.32 Å². The minimum absolute atomic E-state index is 0.0702. The van der Waals surface area contributed by atoms with Crippen molar-refractivity contribution in [2.75, 3.05) is 0 Å². The highest BCUT2D eigenvalue weighted by Gasteiger charge is 2.30. The van der Waals surface area contributed by atoms with Gasteiger partial charge in [0, 0.05) is 18.9 Å². The Kier molecular flexibility index (Phi) is 5.16. The topological polar surface area (TPSA) is 79.5 Å². The molecule has 5 nitrogen and oxygen atoms in total. The molecular weight excluding hydrogens is 325 g/mol. The first-order chi connectivity index (χ1) is 12.0. The third-order valence-corrected chi connectivity index (χ3v) is 4.55. The van der Waals surface area contributed by atoms with Crippen molar-refractivity contribution >= 4 is 11.9 Å². The minimum atomic E-state index is -0.798. The third-order valence-electron chi connectivity index (χ3n) is 4.55. The van der Waals surface area contributed by atoms with Crippen LogP contribution in [0.1, 0.15) is 31.4 Å². The molecule has 1 amide bonds. The van der Waals surface area contributed by atoms with Gasteiger partial charge in [-0.15, -0.1) is 0 Å². The molecule has 0 spiro atoms. The van der Waals surface area contributed by atoms with Crippen molar-refractivity contribution < 1.29 is 23.5 Å². The van der Waals surface area contributed by atoms with E-state index in [2.05, 4.69) is 5.32 Å². The van der Waals surface area contributed by atoms with Gasteiger partial charge >= 0.3 is 5.97 Å². The van der Waals surface area contributed by atoms with Crippen LogP contribution in [-0.4, -0.2) is 23.0 Å². The van der Waals surface area contributed by atoms with E-state index < -0.39 is 5.97 Å². The summed E-state index contributed by atoms with van der Waals surface area (Å²) in [5, 5.41) is 11.9. The maximum atomic E-state index is 13.7. The molecule has 2 atom stereocenters. The molecule has 25 heavy (non-hydrogen) atoms. The average Bonchev–Trinajstić information content (AvgIpc) is 3.23. The Labute approximate surface area is 144 Å². The van der Waals surface area contributed by atoms with Gasteiger partial charge in [-0.3, -0.25) is 9.59 Å². The largest absolute Gasteiger partial charge is 0.481 e.